The summed E-state index contributed by atoms with van der Waals surface area (Å²) in [5.41, 5.74) is 5.08. The van der Waals surface area contributed by atoms with Gasteiger partial charge in [0.2, 0.25) is 17.5 Å². The number of aryl methyl sites for hydroxylation is 4. The largest absolute Gasteiger partial charge is 0.744 e. The Hall–Kier alpha value is -8.87. The molecule has 0 saturated heterocycles. The van der Waals surface area contributed by atoms with Crippen molar-refractivity contribution in [3.8, 4) is 23.0 Å². The molecule has 0 bridgehead atoms. The van der Waals surface area contributed by atoms with Gasteiger partial charge in [0.25, 0.3) is 0 Å². The summed E-state index contributed by atoms with van der Waals surface area (Å²) in [5, 5.41) is 0. The monoisotopic (exact) mass is 1630 g/mol. The van der Waals surface area contributed by atoms with Crippen molar-refractivity contribution >= 4 is 52.1 Å². The van der Waals surface area contributed by atoms with Crippen LogP contribution >= 0.6 is 0 Å². The van der Waals surface area contributed by atoms with E-state index in [0.29, 0.717) is 0 Å². The Bertz CT molecular complexity index is 4640. The molecule has 32 heteroatoms. The molecule has 11 rings (SSSR count). The predicted octanol–water partition coefficient (Wildman–Crippen LogP) is 14.7. The minimum Gasteiger partial charge on any atom is -0.744 e. The maximum atomic E-state index is 12.6. The highest BCUT2D eigenvalue weighted by Gasteiger charge is 2.34. The molecule has 11 aromatic rings. The van der Waals surface area contributed by atoms with Crippen LogP contribution in [0.15, 0.2) is 238 Å². The number of benzene rings is 11. The van der Waals surface area contributed by atoms with Crippen LogP contribution in [0.3, 0.4) is 0 Å². The van der Waals surface area contributed by atoms with E-state index in [1.807, 2.05) is 0 Å². The predicted molar refractivity (Wildman–Crippen MR) is 335 cm³/mol. The zero-order valence-electron chi connectivity index (χ0n) is 52.1. The number of hydrogen-bond donors (Lipinski definition) is 0. The average Bonchev–Trinajstić information content (AvgIpc) is 0.786. The van der Waals surface area contributed by atoms with E-state index < -0.39 is 132 Å². The van der Waals surface area contributed by atoms with Gasteiger partial charge in [0.1, 0.15) is 68.0 Å². The van der Waals surface area contributed by atoms with Gasteiger partial charge in [-0.2, -0.15) is 0 Å². The zero-order valence-corrected chi connectivity index (χ0v) is 58.3. The lowest BCUT2D eigenvalue weighted by Crippen LogP contribution is -3.61. The summed E-state index contributed by atoms with van der Waals surface area (Å²) in [4.78, 5) is 0.656. The molecule has 0 radical (unpaired) electrons. The van der Waals surface area contributed by atoms with E-state index >= 15 is 0 Å². The van der Waals surface area contributed by atoms with Crippen LogP contribution < -0.4 is 30.7 Å². The first-order valence-electron chi connectivity index (χ1n) is 28.4. The standard InChI is InChI=1S/C52H44IO2S2.3C6HF5O3S/c1-37-5-25-47(26-6-37)56(48-27-7-38(2)8-28-48)51-33-21-45(22-34-51)54-43-17-13-41(14-18-43)53-42-15-19-44(20-16-42)55-46-23-35-52(36-24-46)57(49-29-9-39(3)10-30-49)50-31-11-40(4)12-32-50;3*7-1-2(8)4(10)6(15(12,13)14)5(11)3(1)9/h5-36H,1-4H3;3*(H,12,13,14)/q+3;;;/p-3. The molecule has 0 aliphatic rings. The molecule has 532 valence electrons. The Labute approximate surface area is 589 Å². The summed E-state index contributed by atoms with van der Waals surface area (Å²) in [5.74, 6) is -35.1. The highest BCUT2D eigenvalue weighted by Crippen LogP contribution is 2.37. The van der Waals surface area contributed by atoms with Crippen molar-refractivity contribution in [3.05, 3.63) is 311 Å². The summed E-state index contributed by atoms with van der Waals surface area (Å²) >= 11 is -0.350. The Morgan fingerprint density at radius 1 is 0.245 bits per heavy atom. The minimum atomic E-state index is -5.77. The highest BCUT2D eigenvalue weighted by molar-refractivity contribution is 7.97. The number of ether oxygens (including phenoxy) is 2. The second kappa shape index (κ2) is 33.1. The molecule has 0 N–H and O–H groups in total. The van der Waals surface area contributed by atoms with Crippen LogP contribution in [0.25, 0.3) is 0 Å². The molecule has 0 aliphatic carbocycles. The molecule has 0 aliphatic heterocycles. The second-order valence-corrected chi connectivity index (χ2v) is 32.1. The fraction of sp³-hybridized carbons (Fsp3) is 0.0571. The summed E-state index contributed by atoms with van der Waals surface area (Å²) in [6.07, 6.45) is 0. The Balaban J connectivity index is 0.000000235. The molecule has 102 heavy (non-hydrogen) atoms. The van der Waals surface area contributed by atoms with Crippen molar-refractivity contribution in [3.63, 3.8) is 0 Å². The van der Waals surface area contributed by atoms with Gasteiger partial charge >= 0.3 is 21.2 Å². The molecule has 0 unspecified atom stereocenters. The molecular weight excluding hydrogens is 1590 g/mol. The number of hydrogen-bond acceptors (Lipinski definition) is 11. The highest BCUT2D eigenvalue weighted by atomic mass is 127. The van der Waals surface area contributed by atoms with Crippen LogP contribution in [0.1, 0.15) is 22.3 Å². The van der Waals surface area contributed by atoms with Gasteiger partial charge < -0.3 is 23.1 Å². The molecule has 11 nitrogen and oxygen atoms in total. The van der Waals surface area contributed by atoms with Gasteiger partial charge in [0, 0.05) is 0 Å². The fourth-order valence-corrected chi connectivity index (χ4v) is 16.8. The van der Waals surface area contributed by atoms with Gasteiger partial charge in [0.05, 0.1) is 21.8 Å². The van der Waals surface area contributed by atoms with E-state index in [1.54, 1.807) is 0 Å². The molecular formula is C70H44F15IO11S5. The normalized spacial score (nSPS) is 11.5. The SMILES string of the molecule is Cc1ccc([S+](c2ccc(C)cc2)c2ccc(Oc3ccc([I+]c4ccc(Oc5ccc([S+](c6ccc(C)cc6)c6ccc(C)cc6)cc5)cc4)cc3)cc2)cc1.O=S(=O)([O-])c1c(F)c(F)c(F)c(F)c1F.O=S(=O)([O-])c1c(F)c(F)c(F)c(F)c1F.O=S(=O)([O-])c1c(F)c(F)c(F)c(F)c1F. The lowest BCUT2D eigenvalue weighted by Gasteiger charge is -2.10. The summed E-state index contributed by atoms with van der Waals surface area (Å²) in [6, 6.07) is 69.9. The number of halogens is 16. The maximum Gasteiger partial charge on any atom is 0.357 e. The molecule has 0 spiro atoms. The van der Waals surface area contributed by atoms with Gasteiger partial charge in [-0.05, 0) is 173 Å². The van der Waals surface area contributed by atoms with Crippen LogP contribution in [0.4, 0.5) is 65.9 Å². The maximum absolute atomic E-state index is 12.6. The van der Waals surface area contributed by atoms with Gasteiger partial charge in [-0.15, -0.1) is 0 Å². The second-order valence-electron chi connectivity index (χ2n) is 21.1. The molecule has 0 atom stereocenters. The molecule has 0 saturated carbocycles. The number of rotatable bonds is 15. The third-order valence-electron chi connectivity index (χ3n) is 13.7. The van der Waals surface area contributed by atoms with Gasteiger partial charge in [-0.25, -0.2) is 91.1 Å². The van der Waals surface area contributed by atoms with Gasteiger partial charge in [-0.3, -0.25) is 0 Å². The van der Waals surface area contributed by atoms with E-state index in [0.717, 1.165) is 23.0 Å². The fourth-order valence-electron chi connectivity index (χ4n) is 8.74. The van der Waals surface area contributed by atoms with Crippen molar-refractivity contribution in [2.45, 2.75) is 71.8 Å². The smallest absolute Gasteiger partial charge is 0.357 e. The lowest BCUT2D eigenvalue weighted by atomic mass is 10.2. The lowest BCUT2D eigenvalue weighted by molar-refractivity contribution is -0.597. The van der Waals surface area contributed by atoms with E-state index in [4.69, 9.17) is 9.47 Å². The topological polar surface area (TPSA) is 190 Å². The third-order valence-corrected chi connectivity index (χ3v) is 23.4. The van der Waals surface area contributed by atoms with Crippen molar-refractivity contribution in [1.29, 1.82) is 0 Å². The van der Waals surface area contributed by atoms with E-state index in [-0.39, 0.29) is 43.0 Å². The van der Waals surface area contributed by atoms with Crippen LogP contribution in [-0.2, 0) is 52.1 Å². The average molecular weight is 1630 g/mol. The molecule has 0 aromatic heterocycles. The third kappa shape index (κ3) is 19.0. The van der Waals surface area contributed by atoms with Gasteiger partial charge in [-0.1, -0.05) is 70.8 Å². The van der Waals surface area contributed by atoms with Crippen LogP contribution in [-0.4, -0.2) is 38.9 Å². The van der Waals surface area contributed by atoms with Crippen molar-refractivity contribution < 1.29 is 135 Å². The first kappa shape index (κ1) is 78.8. The Kier molecular flexibility index (Phi) is 25.6. The van der Waals surface area contributed by atoms with Crippen LogP contribution in [0, 0.1) is 122 Å². The van der Waals surface area contributed by atoms with E-state index in [2.05, 4.69) is 222 Å². The van der Waals surface area contributed by atoms with Crippen molar-refractivity contribution in [2.24, 2.45) is 0 Å². The molecule has 11 aromatic carbocycles. The quantitative estimate of drug-likeness (QED) is 0.0237. The Morgan fingerprint density at radius 3 is 0.559 bits per heavy atom. The van der Waals surface area contributed by atoms with E-state index in [9.17, 15) is 105 Å². The summed E-state index contributed by atoms with van der Waals surface area (Å²) in [7, 11) is -17.7. The van der Waals surface area contributed by atoms with E-state index in [1.165, 1.54) is 58.8 Å². The van der Waals surface area contributed by atoms with Gasteiger partial charge in [0.15, 0.2) is 106 Å². The van der Waals surface area contributed by atoms with Crippen molar-refractivity contribution in [1.82, 2.24) is 0 Å². The van der Waals surface area contributed by atoms with Crippen LogP contribution in [0.5, 0.6) is 23.0 Å². The summed E-state index contributed by atoms with van der Waals surface area (Å²) < 4.78 is 294. The Morgan fingerprint density at radius 2 is 0.392 bits per heavy atom. The minimum absolute atomic E-state index is 0.196. The first-order chi connectivity index (χ1) is 47.8. The zero-order chi connectivity index (χ0) is 75.0. The molecule has 0 amide bonds. The molecule has 0 fully saturated rings. The first-order valence-corrected chi connectivity index (χ1v) is 37.3. The molecule has 0 heterocycles. The van der Waals surface area contributed by atoms with Crippen LogP contribution in [0.2, 0.25) is 0 Å². The van der Waals surface area contributed by atoms with Crippen molar-refractivity contribution in [2.75, 3.05) is 0 Å². The summed E-state index contributed by atoms with van der Waals surface area (Å²) in [6.45, 7) is 8.54.